The Kier molecular flexibility index (Phi) is 5.20. The van der Waals surface area contributed by atoms with Crippen molar-refractivity contribution >= 4 is 33.4 Å². The highest BCUT2D eigenvalue weighted by Crippen LogP contribution is 2.33. The number of hydrogen-bond acceptors (Lipinski definition) is 4. The number of nitrogens with two attached hydrogens (primary N) is 1. The van der Waals surface area contributed by atoms with Crippen LogP contribution in [0.1, 0.15) is 5.56 Å². The Morgan fingerprint density at radius 1 is 1.05 bits per heavy atom. The third-order valence-corrected chi connectivity index (χ3v) is 4.47. The fraction of sp³-hybridized carbons (Fsp3) is 0.200. The number of ether oxygens (including phenoxy) is 2. The molecule has 0 heterocycles. The zero-order chi connectivity index (χ0) is 14.5. The summed E-state index contributed by atoms with van der Waals surface area (Å²) >= 11 is 5.11. The van der Waals surface area contributed by atoms with Gasteiger partial charge < -0.3 is 15.2 Å². The van der Waals surface area contributed by atoms with Gasteiger partial charge in [0.2, 0.25) is 0 Å². The summed E-state index contributed by atoms with van der Waals surface area (Å²) in [6.45, 7) is 0. The number of hydrogen-bond donors (Lipinski definition) is 1. The first-order valence-corrected chi connectivity index (χ1v) is 7.80. The van der Waals surface area contributed by atoms with Gasteiger partial charge in [0.25, 0.3) is 0 Å². The Labute approximate surface area is 131 Å². The minimum Gasteiger partial charge on any atom is -0.493 e. The largest absolute Gasteiger partial charge is 0.493 e. The normalized spacial score (nSPS) is 10.3. The molecule has 20 heavy (non-hydrogen) atoms. The number of halogens is 1. The predicted molar refractivity (Wildman–Crippen MR) is 87.7 cm³/mol. The molecule has 0 fully saturated rings. The van der Waals surface area contributed by atoms with Gasteiger partial charge in [-0.15, -0.1) is 11.8 Å². The van der Waals surface area contributed by atoms with Crippen molar-refractivity contribution in [2.75, 3.05) is 20.0 Å². The minimum absolute atomic E-state index is 0.740. The zero-order valence-electron chi connectivity index (χ0n) is 11.4. The van der Waals surface area contributed by atoms with E-state index in [0.717, 1.165) is 37.9 Å². The summed E-state index contributed by atoms with van der Waals surface area (Å²) in [5.41, 5.74) is 7.94. The monoisotopic (exact) mass is 353 g/mol. The quantitative estimate of drug-likeness (QED) is 0.641. The maximum Gasteiger partial charge on any atom is 0.161 e. The number of nitrogen functional groups attached to an aromatic ring is 1. The second-order valence-corrected chi connectivity index (χ2v) is 6.09. The van der Waals surface area contributed by atoms with Crippen molar-refractivity contribution in [2.45, 2.75) is 10.6 Å². The van der Waals surface area contributed by atoms with E-state index in [4.69, 9.17) is 15.2 Å². The second-order valence-electron chi connectivity index (χ2n) is 4.16. The summed E-state index contributed by atoms with van der Waals surface area (Å²) < 4.78 is 11.5. The highest BCUT2D eigenvalue weighted by Gasteiger charge is 2.06. The van der Waals surface area contributed by atoms with E-state index in [9.17, 15) is 0 Å². The molecule has 2 aromatic carbocycles. The van der Waals surface area contributed by atoms with Crippen LogP contribution in [0.4, 0.5) is 5.69 Å². The third kappa shape index (κ3) is 3.61. The molecule has 2 aromatic rings. The molecule has 0 aliphatic rings. The van der Waals surface area contributed by atoms with E-state index in [0.29, 0.717) is 0 Å². The third-order valence-electron chi connectivity index (χ3n) is 2.81. The number of anilines is 1. The SMILES string of the molecule is COc1ccc(CSc2ccc(Br)cc2N)cc1OC. The van der Waals surface area contributed by atoms with Crippen LogP contribution in [0, 0.1) is 0 Å². The summed E-state index contributed by atoms with van der Waals surface area (Å²) in [5, 5.41) is 0. The molecular weight excluding hydrogens is 338 g/mol. The lowest BCUT2D eigenvalue weighted by Gasteiger charge is -2.10. The van der Waals surface area contributed by atoms with E-state index < -0.39 is 0 Å². The van der Waals surface area contributed by atoms with Crippen LogP contribution in [0.3, 0.4) is 0 Å². The average Bonchev–Trinajstić information content (AvgIpc) is 2.46. The summed E-state index contributed by atoms with van der Waals surface area (Å²) in [6, 6.07) is 11.9. The summed E-state index contributed by atoms with van der Waals surface area (Å²) in [6.07, 6.45) is 0. The lowest BCUT2D eigenvalue weighted by Crippen LogP contribution is -1.92. The Morgan fingerprint density at radius 2 is 1.80 bits per heavy atom. The number of rotatable bonds is 5. The molecule has 0 atom stereocenters. The predicted octanol–water partition coefficient (Wildman–Crippen LogP) is 4.34. The molecule has 0 saturated heterocycles. The van der Waals surface area contributed by atoms with Gasteiger partial charge in [0.05, 0.1) is 14.2 Å². The van der Waals surface area contributed by atoms with Gasteiger partial charge >= 0.3 is 0 Å². The van der Waals surface area contributed by atoms with E-state index in [1.807, 2.05) is 36.4 Å². The van der Waals surface area contributed by atoms with Crippen molar-refractivity contribution in [3.63, 3.8) is 0 Å². The molecular formula is C15H16BrNO2S. The summed E-state index contributed by atoms with van der Waals surface area (Å²) in [4.78, 5) is 1.07. The lowest BCUT2D eigenvalue weighted by atomic mass is 10.2. The topological polar surface area (TPSA) is 44.5 Å². The molecule has 0 aromatic heterocycles. The maximum absolute atomic E-state index is 5.99. The van der Waals surface area contributed by atoms with Crippen molar-refractivity contribution < 1.29 is 9.47 Å². The Morgan fingerprint density at radius 3 is 2.45 bits per heavy atom. The van der Waals surface area contributed by atoms with Gasteiger partial charge in [-0.2, -0.15) is 0 Å². The Balaban J connectivity index is 2.10. The second kappa shape index (κ2) is 6.90. The van der Waals surface area contributed by atoms with Gasteiger partial charge in [0.15, 0.2) is 11.5 Å². The molecule has 0 aliphatic carbocycles. The van der Waals surface area contributed by atoms with Crippen LogP contribution in [0.5, 0.6) is 11.5 Å². The number of methoxy groups -OCH3 is 2. The van der Waals surface area contributed by atoms with E-state index >= 15 is 0 Å². The fourth-order valence-corrected chi connectivity index (χ4v) is 3.05. The van der Waals surface area contributed by atoms with Gasteiger partial charge in [-0.05, 0) is 35.9 Å². The molecule has 5 heteroatoms. The van der Waals surface area contributed by atoms with Gasteiger partial charge in [-0.3, -0.25) is 0 Å². The molecule has 0 bridgehead atoms. The van der Waals surface area contributed by atoms with E-state index in [1.165, 1.54) is 0 Å². The highest BCUT2D eigenvalue weighted by molar-refractivity contribution is 9.10. The average molecular weight is 354 g/mol. The summed E-state index contributed by atoms with van der Waals surface area (Å²) in [7, 11) is 3.27. The number of thioether (sulfide) groups is 1. The van der Waals surface area contributed by atoms with Crippen molar-refractivity contribution in [3.8, 4) is 11.5 Å². The van der Waals surface area contributed by atoms with Crippen LogP contribution in [-0.2, 0) is 5.75 Å². The van der Waals surface area contributed by atoms with Crippen LogP contribution in [0.25, 0.3) is 0 Å². The zero-order valence-corrected chi connectivity index (χ0v) is 13.8. The van der Waals surface area contributed by atoms with Crippen LogP contribution in [-0.4, -0.2) is 14.2 Å². The molecule has 0 saturated carbocycles. The van der Waals surface area contributed by atoms with Gasteiger partial charge in [-0.25, -0.2) is 0 Å². The van der Waals surface area contributed by atoms with Crippen LogP contribution in [0.15, 0.2) is 45.8 Å². The van der Waals surface area contributed by atoms with Gasteiger partial charge in [0, 0.05) is 20.8 Å². The fourth-order valence-electron chi connectivity index (χ4n) is 1.78. The van der Waals surface area contributed by atoms with E-state index in [-0.39, 0.29) is 0 Å². The molecule has 3 nitrogen and oxygen atoms in total. The van der Waals surface area contributed by atoms with Crippen LogP contribution in [0.2, 0.25) is 0 Å². The Bertz CT molecular complexity index is 604. The molecule has 2 N–H and O–H groups in total. The van der Waals surface area contributed by atoms with Gasteiger partial charge in [0.1, 0.15) is 0 Å². The first-order valence-electron chi connectivity index (χ1n) is 6.02. The molecule has 2 rings (SSSR count). The molecule has 106 valence electrons. The van der Waals surface area contributed by atoms with Crippen molar-refractivity contribution in [1.82, 2.24) is 0 Å². The smallest absolute Gasteiger partial charge is 0.161 e. The standard InChI is InChI=1S/C15H16BrNO2S/c1-18-13-5-3-10(7-14(13)19-2)9-20-15-6-4-11(16)8-12(15)17/h3-8H,9,17H2,1-2H3. The van der Waals surface area contributed by atoms with Crippen molar-refractivity contribution in [1.29, 1.82) is 0 Å². The highest BCUT2D eigenvalue weighted by atomic mass is 79.9. The molecule has 0 amide bonds. The van der Waals surface area contributed by atoms with Crippen molar-refractivity contribution in [3.05, 3.63) is 46.4 Å². The molecule has 0 aliphatic heterocycles. The summed E-state index contributed by atoms with van der Waals surface area (Å²) in [5.74, 6) is 2.31. The van der Waals surface area contributed by atoms with Crippen LogP contribution >= 0.6 is 27.7 Å². The minimum atomic E-state index is 0.740. The molecule has 0 spiro atoms. The Hall–Kier alpha value is -1.33. The van der Waals surface area contributed by atoms with E-state index in [2.05, 4.69) is 15.9 Å². The first kappa shape index (κ1) is 15.1. The number of benzene rings is 2. The van der Waals surface area contributed by atoms with E-state index in [1.54, 1.807) is 26.0 Å². The molecule has 0 radical (unpaired) electrons. The van der Waals surface area contributed by atoms with Crippen LogP contribution < -0.4 is 15.2 Å². The maximum atomic E-state index is 5.99. The lowest BCUT2D eigenvalue weighted by molar-refractivity contribution is 0.354. The first-order chi connectivity index (χ1) is 9.63. The molecule has 0 unspecified atom stereocenters. The van der Waals surface area contributed by atoms with Gasteiger partial charge in [-0.1, -0.05) is 22.0 Å². The van der Waals surface area contributed by atoms with Crippen molar-refractivity contribution in [2.24, 2.45) is 0 Å².